The minimum atomic E-state index is -0.703. The fraction of sp³-hybridized carbons (Fsp3) is 0.0294. The van der Waals surface area contributed by atoms with E-state index in [0.29, 0.717) is 0 Å². The SMILES string of the molecule is c1ccc(C2=C(c3ccccc3)C(c3ccccc3)[P+](c3ccccc3)=C2c2ccccc2)cc1. The van der Waals surface area contributed by atoms with Crippen molar-refractivity contribution in [3.8, 4) is 0 Å². The Morgan fingerprint density at radius 2 is 0.829 bits per heavy atom. The zero-order valence-electron chi connectivity index (χ0n) is 19.5. The smallest absolute Gasteiger partial charge is 0.0622 e. The third-order valence-corrected chi connectivity index (χ3v) is 9.51. The molecule has 0 radical (unpaired) electrons. The molecule has 5 aromatic rings. The van der Waals surface area contributed by atoms with Crippen molar-refractivity contribution >= 4 is 29.3 Å². The minimum Gasteiger partial charge on any atom is -0.0622 e. The molecule has 0 N–H and O–H groups in total. The van der Waals surface area contributed by atoms with Gasteiger partial charge < -0.3 is 0 Å². The molecule has 1 aliphatic rings. The summed E-state index contributed by atoms with van der Waals surface area (Å²) >= 11 is 0. The van der Waals surface area contributed by atoms with Crippen LogP contribution in [0.25, 0.3) is 11.1 Å². The van der Waals surface area contributed by atoms with Crippen molar-refractivity contribution < 1.29 is 0 Å². The van der Waals surface area contributed by atoms with Gasteiger partial charge in [0.15, 0.2) is 18.5 Å². The van der Waals surface area contributed by atoms with Gasteiger partial charge in [-0.3, -0.25) is 0 Å². The molecule has 0 amide bonds. The molecule has 2 unspecified atom stereocenters. The Morgan fingerprint density at radius 3 is 1.37 bits per heavy atom. The van der Waals surface area contributed by atoms with Crippen LogP contribution in [0.2, 0.25) is 0 Å². The Bertz CT molecular complexity index is 1390. The third-order valence-electron chi connectivity index (χ3n) is 6.62. The Hall–Kier alpha value is -3.99. The number of rotatable bonds is 5. The van der Waals surface area contributed by atoms with Crippen molar-refractivity contribution in [1.29, 1.82) is 0 Å². The first-order valence-corrected chi connectivity index (χ1v) is 13.5. The first-order chi connectivity index (χ1) is 17.4. The molecule has 0 saturated carbocycles. The second kappa shape index (κ2) is 9.71. The van der Waals surface area contributed by atoms with Gasteiger partial charge in [0.25, 0.3) is 0 Å². The molecule has 5 aromatic carbocycles. The maximum Gasteiger partial charge on any atom is 0.173 e. The van der Waals surface area contributed by atoms with Gasteiger partial charge in [0.2, 0.25) is 0 Å². The molecule has 1 heteroatoms. The third kappa shape index (κ3) is 4.08. The molecule has 0 aliphatic carbocycles. The maximum absolute atomic E-state index is 2.32. The van der Waals surface area contributed by atoms with Crippen LogP contribution in [-0.4, -0.2) is 5.29 Å². The van der Waals surface area contributed by atoms with Crippen molar-refractivity contribution in [2.75, 3.05) is 0 Å². The van der Waals surface area contributed by atoms with Gasteiger partial charge in [0.05, 0.1) is 0 Å². The van der Waals surface area contributed by atoms with Gasteiger partial charge in [-0.05, 0) is 23.3 Å². The fourth-order valence-electron chi connectivity index (χ4n) is 5.16. The van der Waals surface area contributed by atoms with Crippen LogP contribution in [0.1, 0.15) is 27.9 Å². The second-order valence-electron chi connectivity index (χ2n) is 8.75. The molecule has 0 saturated heterocycles. The quantitative estimate of drug-likeness (QED) is 0.229. The molecule has 166 valence electrons. The van der Waals surface area contributed by atoms with Crippen molar-refractivity contribution in [2.24, 2.45) is 0 Å². The lowest BCUT2D eigenvalue weighted by atomic mass is 9.87. The van der Waals surface area contributed by atoms with E-state index in [9.17, 15) is 0 Å². The van der Waals surface area contributed by atoms with Gasteiger partial charge in [-0.15, -0.1) is 0 Å². The van der Waals surface area contributed by atoms with E-state index in [4.69, 9.17) is 0 Å². The van der Waals surface area contributed by atoms with E-state index >= 15 is 0 Å². The Labute approximate surface area is 208 Å². The van der Waals surface area contributed by atoms with E-state index in [1.54, 1.807) is 0 Å². The first-order valence-electron chi connectivity index (χ1n) is 12.1. The Morgan fingerprint density at radius 1 is 0.400 bits per heavy atom. The molecule has 0 bridgehead atoms. The van der Waals surface area contributed by atoms with Crippen molar-refractivity contribution in [2.45, 2.75) is 5.66 Å². The summed E-state index contributed by atoms with van der Waals surface area (Å²) in [5, 5.41) is 2.88. The van der Waals surface area contributed by atoms with Crippen LogP contribution >= 0.6 is 7.55 Å². The van der Waals surface area contributed by atoms with Crippen LogP contribution in [0.3, 0.4) is 0 Å². The molecule has 0 aromatic heterocycles. The topological polar surface area (TPSA) is 0 Å². The molecule has 0 spiro atoms. The van der Waals surface area contributed by atoms with Gasteiger partial charge in [0.1, 0.15) is 5.30 Å². The van der Waals surface area contributed by atoms with Gasteiger partial charge in [-0.1, -0.05) is 140 Å². The highest BCUT2D eigenvalue weighted by molar-refractivity contribution is 7.70. The highest BCUT2D eigenvalue weighted by atomic mass is 31.1. The van der Waals surface area contributed by atoms with Crippen LogP contribution < -0.4 is 5.30 Å². The number of hydrogen-bond donors (Lipinski definition) is 0. The molecule has 35 heavy (non-hydrogen) atoms. The van der Waals surface area contributed by atoms with Gasteiger partial charge in [-0.25, -0.2) is 0 Å². The molecule has 0 fully saturated rings. The molecular formula is C34H26P+. The van der Waals surface area contributed by atoms with E-state index < -0.39 is 7.55 Å². The van der Waals surface area contributed by atoms with E-state index in [-0.39, 0.29) is 5.66 Å². The van der Waals surface area contributed by atoms with Crippen LogP contribution in [0.15, 0.2) is 152 Å². The monoisotopic (exact) mass is 465 g/mol. The van der Waals surface area contributed by atoms with Gasteiger partial charge in [0, 0.05) is 22.3 Å². The highest BCUT2D eigenvalue weighted by Gasteiger charge is 2.46. The predicted octanol–water partition coefficient (Wildman–Crippen LogP) is 8.38. The average molecular weight is 466 g/mol. The summed E-state index contributed by atoms with van der Waals surface area (Å²) in [4.78, 5) is 0. The van der Waals surface area contributed by atoms with Crippen LogP contribution in [0.5, 0.6) is 0 Å². The summed E-state index contributed by atoms with van der Waals surface area (Å²) in [7, 11) is -0.703. The van der Waals surface area contributed by atoms with E-state index in [2.05, 4.69) is 152 Å². The summed E-state index contributed by atoms with van der Waals surface area (Å²) in [6, 6.07) is 55.2. The van der Waals surface area contributed by atoms with Crippen molar-refractivity contribution in [3.05, 3.63) is 174 Å². The molecule has 2 atom stereocenters. The number of allylic oxidation sites excluding steroid dienone is 2. The normalized spacial score (nSPS) is 16.5. The van der Waals surface area contributed by atoms with Crippen molar-refractivity contribution in [3.63, 3.8) is 0 Å². The zero-order chi connectivity index (χ0) is 23.5. The summed E-state index contributed by atoms with van der Waals surface area (Å²) in [5.74, 6) is 0. The Kier molecular flexibility index (Phi) is 5.97. The average Bonchev–Trinajstić information content (AvgIpc) is 3.32. The molecule has 0 nitrogen and oxygen atoms in total. The second-order valence-corrected chi connectivity index (χ2v) is 11.0. The lowest BCUT2D eigenvalue weighted by Gasteiger charge is -2.14. The summed E-state index contributed by atoms with van der Waals surface area (Å²) in [5.41, 5.74) is 8.35. The van der Waals surface area contributed by atoms with E-state index in [1.165, 1.54) is 44.0 Å². The van der Waals surface area contributed by atoms with Gasteiger partial charge >= 0.3 is 0 Å². The highest BCUT2D eigenvalue weighted by Crippen LogP contribution is 2.60. The largest absolute Gasteiger partial charge is 0.173 e. The van der Waals surface area contributed by atoms with Crippen molar-refractivity contribution in [1.82, 2.24) is 0 Å². The van der Waals surface area contributed by atoms with E-state index in [1.807, 2.05) is 0 Å². The lowest BCUT2D eigenvalue weighted by Crippen LogP contribution is -2.07. The first kappa shape index (κ1) is 21.5. The summed E-state index contributed by atoms with van der Waals surface area (Å²) in [6.45, 7) is 0. The van der Waals surface area contributed by atoms with E-state index in [0.717, 1.165) is 0 Å². The van der Waals surface area contributed by atoms with Crippen LogP contribution in [-0.2, 0) is 0 Å². The number of hydrogen-bond acceptors (Lipinski definition) is 0. The van der Waals surface area contributed by atoms with Gasteiger partial charge in [-0.2, -0.15) is 0 Å². The summed E-state index contributed by atoms with van der Waals surface area (Å²) in [6.07, 6.45) is 0. The molecular weight excluding hydrogens is 439 g/mol. The fourth-order valence-corrected chi connectivity index (χ4v) is 8.39. The van der Waals surface area contributed by atoms with Crippen LogP contribution in [0, 0.1) is 0 Å². The number of benzene rings is 5. The zero-order valence-corrected chi connectivity index (χ0v) is 20.4. The standard InChI is InChI=1S/C34H26P/c1-6-16-26(17-7-1)31-32(27-18-8-2-9-19-27)34(29-22-12-4-13-23-29)35(30-24-14-5-15-25-30)33(31)28-20-10-3-11-21-28/h1-25,33H/q+1. The summed E-state index contributed by atoms with van der Waals surface area (Å²) < 4.78 is 0. The predicted molar refractivity (Wildman–Crippen MR) is 152 cm³/mol. The molecule has 1 heterocycles. The molecule has 1 aliphatic heterocycles. The minimum absolute atomic E-state index is 0.265. The molecule has 6 rings (SSSR count). The van der Waals surface area contributed by atoms with Crippen LogP contribution in [0.4, 0.5) is 0 Å². The lowest BCUT2D eigenvalue weighted by molar-refractivity contribution is 1.24. The Balaban J connectivity index is 1.77. The maximum atomic E-state index is 2.32.